The lowest BCUT2D eigenvalue weighted by Crippen LogP contribution is -2.35. The molecule has 0 saturated heterocycles. The number of halogens is 12. The Morgan fingerprint density at radius 1 is 0.533 bits per heavy atom. The highest BCUT2D eigenvalue weighted by Crippen LogP contribution is 2.53. The van der Waals surface area contributed by atoms with Gasteiger partial charge in [-0.1, -0.05) is 48.5 Å². The van der Waals surface area contributed by atoms with E-state index in [2.05, 4.69) is 0 Å². The summed E-state index contributed by atoms with van der Waals surface area (Å²) in [7, 11) is -5.12. The summed E-state index contributed by atoms with van der Waals surface area (Å²) in [6.45, 7) is -3.94. The predicted molar refractivity (Wildman–Crippen MR) is 181 cm³/mol. The molecule has 9 nitrogen and oxygen atoms in total. The predicted octanol–water partition coefficient (Wildman–Crippen LogP) is 10.6. The summed E-state index contributed by atoms with van der Waals surface area (Å²) in [5.74, 6) is -2.68. The first-order valence-electron chi connectivity index (χ1n) is 17.0. The van der Waals surface area contributed by atoms with Crippen molar-refractivity contribution in [3.63, 3.8) is 0 Å². The monoisotopic (exact) mass is 888 g/mol. The van der Waals surface area contributed by atoms with Crippen LogP contribution < -0.4 is 0 Å². The molecule has 0 aliphatic carbocycles. The minimum Gasteiger partial charge on any atom is -0.485 e. The first kappa shape index (κ1) is 46.0. The van der Waals surface area contributed by atoms with E-state index in [1.807, 2.05) is 0 Å². The molecule has 2 atom stereocenters. The van der Waals surface area contributed by atoms with E-state index >= 15 is 0 Å². The topological polar surface area (TPSA) is 110 Å². The molecule has 0 bridgehead atoms. The maximum atomic E-state index is 14.2. The second kappa shape index (κ2) is 18.3. The number of cyclic esters (lactones) is 1. The van der Waals surface area contributed by atoms with Crippen LogP contribution in [0.1, 0.15) is 44.5 Å². The van der Waals surface area contributed by atoms with Gasteiger partial charge in [-0.15, -0.1) is 0 Å². The van der Waals surface area contributed by atoms with Gasteiger partial charge in [0, 0.05) is 0 Å². The Hall–Kier alpha value is -5.08. The number of carbonyl (C=O) groups is 1. The van der Waals surface area contributed by atoms with Crippen molar-refractivity contribution in [2.24, 2.45) is 0 Å². The molecule has 0 fully saturated rings. The largest absolute Gasteiger partial charge is 0.485 e. The zero-order valence-corrected chi connectivity index (χ0v) is 31.0. The average molecular weight is 889 g/mol. The Morgan fingerprint density at radius 3 is 1.17 bits per heavy atom. The van der Waals surface area contributed by atoms with Crippen LogP contribution in [0.15, 0.2) is 109 Å². The number of ether oxygens (including phenoxy) is 3. The average Bonchev–Trinajstić information content (AvgIpc) is 3.50. The molecule has 0 amide bonds. The second-order valence-electron chi connectivity index (χ2n) is 12.7. The lowest BCUT2D eigenvalue weighted by Gasteiger charge is -2.27. The zero-order chi connectivity index (χ0) is 44.1. The first-order chi connectivity index (χ1) is 27.9. The quantitative estimate of drug-likeness (QED) is 0.0668. The summed E-state index contributed by atoms with van der Waals surface area (Å²) in [5, 5.41) is 10.4. The van der Waals surface area contributed by atoms with E-state index in [0.29, 0.717) is 24.3 Å². The molecule has 0 saturated carbocycles. The lowest BCUT2D eigenvalue weighted by molar-refractivity contribution is -0.149. The Bertz CT molecular complexity index is 2080. The number of aliphatic hydroxyl groups excluding tert-OH is 1. The molecule has 60 heavy (non-hydrogen) atoms. The van der Waals surface area contributed by atoms with Crippen LogP contribution in [0.2, 0.25) is 0 Å². The fourth-order valence-corrected chi connectivity index (χ4v) is 6.53. The van der Waals surface area contributed by atoms with Crippen molar-refractivity contribution >= 4 is 13.8 Å². The Kier molecular flexibility index (Phi) is 14.0. The molecule has 0 radical (unpaired) electrons. The molecule has 4 aromatic carbocycles. The van der Waals surface area contributed by atoms with Crippen LogP contribution in [0.25, 0.3) is 0 Å². The number of benzene rings is 4. The van der Waals surface area contributed by atoms with Crippen molar-refractivity contribution in [1.82, 2.24) is 0 Å². The van der Waals surface area contributed by atoms with Gasteiger partial charge in [0.15, 0.2) is 11.9 Å². The number of hydrogen-bond acceptors (Lipinski definition) is 9. The molecule has 0 aromatic heterocycles. The van der Waals surface area contributed by atoms with E-state index in [9.17, 15) is 67.2 Å². The van der Waals surface area contributed by atoms with Gasteiger partial charge in [0.2, 0.25) is 5.76 Å². The highest BCUT2D eigenvalue weighted by molar-refractivity contribution is 7.48. The molecule has 5 rings (SSSR count). The SMILES string of the molecule is O=C1OC([C@H](CO)OP(=O)(OCc2ccc(C(F)(F)F)cc2)OCc2ccc(C(F)(F)F)cc2)C(OCc2ccc(C(F)(F)F)cc2)=C1OCc1ccc(C(F)(F)F)cc1. The highest BCUT2D eigenvalue weighted by Gasteiger charge is 2.47. The van der Waals surface area contributed by atoms with Gasteiger partial charge in [-0.2, -0.15) is 52.7 Å². The van der Waals surface area contributed by atoms with Crippen LogP contribution in [0.4, 0.5) is 52.7 Å². The van der Waals surface area contributed by atoms with Crippen LogP contribution in [-0.4, -0.2) is 29.9 Å². The Labute approximate surface area is 331 Å². The number of hydrogen-bond donors (Lipinski definition) is 1. The van der Waals surface area contributed by atoms with Crippen LogP contribution >= 0.6 is 7.82 Å². The van der Waals surface area contributed by atoms with Gasteiger partial charge in [-0.3, -0.25) is 13.6 Å². The van der Waals surface area contributed by atoms with Crippen molar-refractivity contribution in [2.75, 3.05) is 6.61 Å². The summed E-state index contributed by atoms with van der Waals surface area (Å²) in [5.41, 5.74) is -3.95. The standard InChI is InChI=1S/C38H29F12O9P/c39-35(40,41)26-9-1-22(2-10-26)18-54-32-31(58-34(52)33(32)55-19-23-3-11-27(12-4-23)36(42,43)44)30(17-51)59-60(53,56-20-24-5-13-28(14-6-24)37(45,46)47)57-21-25-7-15-29(16-8-25)38(48,49)50/h1-16,30-31,51H,17-21H2/t30-,31?/m0/s1. The van der Waals surface area contributed by atoms with Crippen molar-refractivity contribution < 1.29 is 94.9 Å². The second-order valence-corrected chi connectivity index (χ2v) is 14.3. The molecule has 1 aliphatic rings. The number of alkyl halides is 12. The van der Waals surface area contributed by atoms with Gasteiger partial charge in [0.05, 0.1) is 42.1 Å². The lowest BCUT2D eigenvalue weighted by atomic mass is 10.1. The van der Waals surface area contributed by atoms with Crippen molar-refractivity contribution in [3.8, 4) is 0 Å². The van der Waals surface area contributed by atoms with Crippen LogP contribution in [-0.2, 0) is 88.3 Å². The summed E-state index contributed by atoms with van der Waals surface area (Å²) in [6, 6.07) is 13.6. The van der Waals surface area contributed by atoms with Crippen molar-refractivity contribution in [1.29, 1.82) is 0 Å². The smallest absolute Gasteiger partial charge is 0.475 e. The third-order valence-corrected chi connectivity index (χ3v) is 9.78. The fourth-order valence-electron chi connectivity index (χ4n) is 5.21. The molecule has 324 valence electrons. The molecular formula is C38H29F12O9P. The van der Waals surface area contributed by atoms with Gasteiger partial charge in [0.25, 0.3) is 0 Å². The number of rotatable bonds is 16. The molecule has 22 heteroatoms. The number of carbonyl (C=O) groups excluding carboxylic acids is 1. The molecule has 0 spiro atoms. The number of esters is 1. The number of phosphoric acid groups is 1. The summed E-state index contributed by atoms with van der Waals surface area (Å²) < 4.78 is 205. The molecule has 1 heterocycles. The van der Waals surface area contributed by atoms with E-state index in [4.69, 9.17) is 27.8 Å². The highest BCUT2D eigenvalue weighted by atomic mass is 31.2. The third kappa shape index (κ3) is 12.2. The van der Waals surface area contributed by atoms with E-state index in [0.717, 1.165) is 72.8 Å². The fraction of sp³-hybridized carbons (Fsp3) is 0.289. The van der Waals surface area contributed by atoms with Gasteiger partial charge in [0.1, 0.15) is 19.3 Å². The van der Waals surface area contributed by atoms with Crippen LogP contribution in [0, 0.1) is 0 Å². The van der Waals surface area contributed by atoms with E-state index in [1.54, 1.807) is 0 Å². The number of aliphatic hydroxyl groups is 1. The molecule has 1 aliphatic heterocycles. The summed E-state index contributed by atoms with van der Waals surface area (Å²) in [6.07, 6.45) is -22.7. The van der Waals surface area contributed by atoms with Gasteiger partial charge >= 0.3 is 38.5 Å². The van der Waals surface area contributed by atoms with Gasteiger partial charge < -0.3 is 19.3 Å². The van der Waals surface area contributed by atoms with Crippen LogP contribution in [0.3, 0.4) is 0 Å². The minimum absolute atomic E-state index is 0.0165. The normalized spacial score (nSPS) is 15.9. The zero-order valence-electron chi connectivity index (χ0n) is 30.1. The van der Waals surface area contributed by atoms with Gasteiger partial charge in [-0.25, -0.2) is 9.36 Å². The molecule has 4 aromatic rings. The van der Waals surface area contributed by atoms with E-state index in [1.165, 1.54) is 0 Å². The van der Waals surface area contributed by atoms with Crippen LogP contribution in [0.5, 0.6) is 0 Å². The van der Waals surface area contributed by atoms with Crippen molar-refractivity contribution in [2.45, 2.75) is 63.3 Å². The summed E-state index contributed by atoms with van der Waals surface area (Å²) in [4.78, 5) is 13.2. The molecule has 1 N–H and O–H groups in total. The van der Waals surface area contributed by atoms with E-state index < -0.39 is 118 Å². The maximum Gasteiger partial charge on any atom is 0.475 e. The number of phosphoric ester groups is 1. The Morgan fingerprint density at radius 2 is 0.850 bits per heavy atom. The molecule has 1 unspecified atom stereocenters. The van der Waals surface area contributed by atoms with E-state index in [-0.39, 0.29) is 22.3 Å². The third-order valence-electron chi connectivity index (χ3n) is 8.36. The minimum atomic E-state index is -5.12. The maximum absolute atomic E-state index is 14.2. The summed E-state index contributed by atoms with van der Waals surface area (Å²) >= 11 is 0. The molecular weight excluding hydrogens is 859 g/mol. The Balaban J connectivity index is 1.44. The van der Waals surface area contributed by atoms with Gasteiger partial charge in [-0.05, 0) is 70.8 Å². The first-order valence-corrected chi connectivity index (χ1v) is 18.4. The van der Waals surface area contributed by atoms with Crippen molar-refractivity contribution in [3.05, 3.63) is 153 Å².